The maximum atomic E-state index is 10.9. The molecule has 1 aliphatic rings. The summed E-state index contributed by atoms with van der Waals surface area (Å²) in [6.45, 7) is 1.70. The molecule has 0 radical (unpaired) electrons. The second-order valence-electron chi connectivity index (χ2n) is 3.54. The first-order valence-corrected chi connectivity index (χ1v) is 4.92. The Morgan fingerprint density at radius 3 is 2.88 bits per heavy atom. The maximum absolute atomic E-state index is 10.9. The van der Waals surface area contributed by atoms with Gasteiger partial charge in [0.05, 0.1) is 12.7 Å². The molecule has 84 valence electrons. The quantitative estimate of drug-likeness (QED) is 0.827. The smallest absolute Gasteiger partial charge is 0.335 e. The lowest BCUT2D eigenvalue weighted by Crippen LogP contribution is -2.24. The van der Waals surface area contributed by atoms with Crippen LogP contribution in [0.4, 0.5) is 0 Å². The average Bonchev–Trinajstić information content (AvgIpc) is 2.27. The number of carbonyl (C=O) groups is 1. The van der Waals surface area contributed by atoms with Crippen LogP contribution in [-0.2, 0) is 4.79 Å². The summed E-state index contributed by atoms with van der Waals surface area (Å²) < 4.78 is 10.7. The van der Waals surface area contributed by atoms with Crippen LogP contribution >= 0.6 is 0 Å². The number of aliphatic carboxylic acids is 1. The number of ether oxygens (including phenoxy) is 2. The number of hydrogen-bond donors (Lipinski definition) is 1. The largest absolute Gasteiger partial charge is 0.493 e. The molecule has 1 heterocycles. The lowest BCUT2D eigenvalue weighted by atomic mass is 10.0. The minimum Gasteiger partial charge on any atom is -0.493 e. The summed E-state index contributed by atoms with van der Waals surface area (Å²) in [6.07, 6.45) is 1.15. The van der Waals surface area contributed by atoms with Crippen LogP contribution in [0.3, 0.4) is 0 Å². The van der Waals surface area contributed by atoms with Gasteiger partial charge in [-0.25, -0.2) is 4.79 Å². The van der Waals surface area contributed by atoms with Crippen molar-refractivity contribution in [3.8, 4) is 11.5 Å². The molecule has 4 heteroatoms. The number of methoxy groups -OCH3 is 1. The van der Waals surface area contributed by atoms with Gasteiger partial charge in [-0.1, -0.05) is 12.1 Å². The van der Waals surface area contributed by atoms with E-state index in [-0.39, 0.29) is 5.57 Å². The standard InChI is InChI=1S/C12H12O4/c1-7-9(12(13)14)6-8-4-3-5-10(15-2)11(8)16-7/h3-7H,1-2H3,(H,13,14). The number of benzene rings is 1. The monoisotopic (exact) mass is 220 g/mol. The number of carboxylic acids is 1. The zero-order valence-electron chi connectivity index (χ0n) is 9.06. The van der Waals surface area contributed by atoms with Gasteiger partial charge in [0.25, 0.3) is 0 Å². The highest BCUT2D eigenvalue weighted by Crippen LogP contribution is 2.37. The molecule has 4 nitrogen and oxygen atoms in total. The van der Waals surface area contributed by atoms with Crippen molar-refractivity contribution in [3.63, 3.8) is 0 Å². The van der Waals surface area contributed by atoms with Crippen molar-refractivity contribution < 1.29 is 19.4 Å². The molecular formula is C12H12O4. The molecule has 0 saturated heterocycles. The molecule has 1 aromatic rings. The van der Waals surface area contributed by atoms with Gasteiger partial charge in [-0.2, -0.15) is 0 Å². The van der Waals surface area contributed by atoms with E-state index in [1.165, 1.54) is 0 Å². The van der Waals surface area contributed by atoms with Gasteiger partial charge in [0.2, 0.25) is 0 Å². The zero-order valence-corrected chi connectivity index (χ0v) is 9.06. The van der Waals surface area contributed by atoms with E-state index in [2.05, 4.69) is 0 Å². The van der Waals surface area contributed by atoms with Crippen LogP contribution in [0.2, 0.25) is 0 Å². The zero-order chi connectivity index (χ0) is 11.7. The van der Waals surface area contributed by atoms with Crippen LogP contribution in [0.5, 0.6) is 11.5 Å². The van der Waals surface area contributed by atoms with Crippen LogP contribution in [0, 0.1) is 0 Å². The fourth-order valence-corrected chi connectivity index (χ4v) is 1.69. The summed E-state index contributed by atoms with van der Waals surface area (Å²) in [5.74, 6) is 0.258. The molecule has 0 saturated carbocycles. The van der Waals surface area contributed by atoms with E-state index in [0.29, 0.717) is 11.5 Å². The fourth-order valence-electron chi connectivity index (χ4n) is 1.69. The Kier molecular flexibility index (Phi) is 2.56. The van der Waals surface area contributed by atoms with Gasteiger partial charge in [0, 0.05) is 5.56 Å². The predicted molar refractivity (Wildman–Crippen MR) is 58.7 cm³/mol. The first-order chi connectivity index (χ1) is 7.63. The Morgan fingerprint density at radius 1 is 1.50 bits per heavy atom. The lowest BCUT2D eigenvalue weighted by molar-refractivity contribution is -0.133. The minimum absolute atomic E-state index is 0.251. The summed E-state index contributed by atoms with van der Waals surface area (Å²) in [5, 5.41) is 8.98. The highest BCUT2D eigenvalue weighted by molar-refractivity contribution is 5.94. The number of fused-ring (bicyclic) bond motifs is 1. The van der Waals surface area contributed by atoms with Crippen molar-refractivity contribution in [2.24, 2.45) is 0 Å². The minimum atomic E-state index is -0.957. The van der Waals surface area contributed by atoms with Crippen molar-refractivity contribution in [3.05, 3.63) is 29.3 Å². The van der Waals surface area contributed by atoms with Crippen LogP contribution in [0.15, 0.2) is 23.8 Å². The summed E-state index contributed by atoms with van der Waals surface area (Å²) in [7, 11) is 1.56. The average molecular weight is 220 g/mol. The first-order valence-electron chi connectivity index (χ1n) is 4.92. The molecule has 0 spiro atoms. The number of rotatable bonds is 2. The Bertz CT molecular complexity index is 462. The summed E-state index contributed by atoms with van der Waals surface area (Å²) in [5.41, 5.74) is 0.982. The lowest BCUT2D eigenvalue weighted by Gasteiger charge is -2.23. The Balaban J connectivity index is 2.53. The predicted octanol–water partition coefficient (Wildman–Crippen LogP) is 1.94. The van der Waals surface area contributed by atoms with E-state index in [0.717, 1.165) is 5.56 Å². The van der Waals surface area contributed by atoms with E-state index in [1.807, 2.05) is 0 Å². The highest BCUT2D eigenvalue weighted by atomic mass is 16.5. The van der Waals surface area contributed by atoms with E-state index in [4.69, 9.17) is 14.6 Å². The molecule has 0 aliphatic carbocycles. The Hall–Kier alpha value is -1.97. The van der Waals surface area contributed by atoms with Crippen LogP contribution in [0.1, 0.15) is 12.5 Å². The van der Waals surface area contributed by atoms with Gasteiger partial charge < -0.3 is 14.6 Å². The molecule has 2 rings (SSSR count). The van der Waals surface area contributed by atoms with E-state index in [1.54, 1.807) is 38.3 Å². The van der Waals surface area contributed by atoms with Gasteiger partial charge in [0.15, 0.2) is 11.5 Å². The second-order valence-corrected chi connectivity index (χ2v) is 3.54. The van der Waals surface area contributed by atoms with E-state index < -0.39 is 12.1 Å². The third-order valence-corrected chi connectivity index (χ3v) is 2.52. The number of hydrogen-bond acceptors (Lipinski definition) is 3. The van der Waals surface area contributed by atoms with Crippen molar-refractivity contribution in [1.82, 2.24) is 0 Å². The van der Waals surface area contributed by atoms with Gasteiger partial charge >= 0.3 is 5.97 Å². The summed E-state index contributed by atoms with van der Waals surface area (Å²) in [4.78, 5) is 10.9. The Labute approximate surface area is 93.1 Å². The van der Waals surface area contributed by atoms with E-state index >= 15 is 0 Å². The molecule has 1 atom stereocenters. The normalized spacial score (nSPS) is 18.1. The van der Waals surface area contributed by atoms with Gasteiger partial charge in [-0.05, 0) is 19.1 Å². The second kappa shape index (κ2) is 3.89. The molecule has 1 unspecified atom stereocenters. The van der Waals surface area contributed by atoms with Crippen LogP contribution in [-0.4, -0.2) is 24.3 Å². The molecule has 1 aliphatic heterocycles. The summed E-state index contributed by atoms with van der Waals surface area (Å²) >= 11 is 0. The third kappa shape index (κ3) is 1.62. The molecule has 1 N–H and O–H groups in total. The van der Waals surface area contributed by atoms with Gasteiger partial charge in [-0.15, -0.1) is 0 Å². The molecule has 0 aromatic heterocycles. The molecular weight excluding hydrogens is 208 g/mol. The molecule has 1 aromatic carbocycles. The van der Waals surface area contributed by atoms with Crippen molar-refractivity contribution in [1.29, 1.82) is 0 Å². The van der Waals surface area contributed by atoms with Crippen molar-refractivity contribution in [2.75, 3.05) is 7.11 Å². The molecule has 0 amide bonds. The number of carboxylic acid groups (broad SMARTS) is 1. The molecule has 0 bridgehead atoms. The molecule has 0 fully saturated rings. The van der Waals surface area contributed by atoms with Crippen LogP contribution < -0.4 is 9.47 Å². The number of para-hydroxylation sites is 1. The molecule has 16 heavy (non-hydrogen) atoms. The SMILES string of the molecule is COc1cccc2c1OC(C)C(C(=O)O)=C2. The van der Waals surface area contributed by atoms with Crippen molar-refractivity contribution in [2.45, 2.75) is 13.0 Å². The fraction of sp³-hybridized carbons (Fsp3) is 0.250. The van der Waals surface area contributed by atoms with Gasteiger partial charge in [-0.3, -0.25) is 0 Å². The van der Waals surface area contributed by atoms with Gasteiger partial charge in [0.1, 0.15) is 6.10 Å². The van der Waals surface area contributed by atoms with Crippen LogP contribution in [0.25, 0.3) is 6.08 Å². The Morgan fingerprint density at radius 2 is 2.25 bits per heavy atom. The van der Waals surface area contributed by atoms with E-state index in [9.17, 15) is 4.79 Å². The third-order valence-electron chi connectivity index (χ3n) is 2.52. The highest BCUT2D eigenvalue weighted by Gasteiger charge is 2.25. The van der Waals surface area contributed by atoms with Crippen molar-refractivity contribution >= 4 is 12.0 Å². The maximum Gasteiger partial charge on any atom is 0.335 e. The summed E-state index contributed by atoms with van der Waals surface area (Å²) in [6, 6.07) is 5.38. The topological polar surface area (TPSA) is 55.8 Å². The first kappa shape index (κ1) is 10.5.